The van der Waals surface area contributed by atoms with Crippen molar-refractivity contribution in [1.82, 2.24) is 10.2 Å². The number of para-hydroxylation sites is 1. The van der Waals surface area contributed by atoms with Crippen LogP contribution >= 0.6 is 0 Å². The van der Waals surface area contributed by atoms with Gasteiger partial charge in [0.2, 0.25) is 5.91 Å². The third-order valence-corrected chi connectivity index (χ3v) is 6.54. The number of carbonyl (C=O) groups excluding carboxylic acids is 3. The van der Waals surface area contributed by atoms with Crippen molar-refractivity contribution < 1.29 is 24.2 Å². The number of nitrogens with zero attached hydrogens (tertiary/aromatic N) is 1. The number of rotatable bonds is 10. The predicted octanol–water partition coefficient (Wildman–Crippen LogP) is 5.25. The maximum absolute atomic E-state index is 14.3. The molecule has 2 atom stereocenters. The largest absolute Gasteiger partial charge is 0.444 e. The molecule has 8 heteroatoms. The van der Waals surface area contributed by atoms with E-state index in [-0.39, 0.29) is 19.6 Å². The molecule has 0 saturated carbocycles. The van der Waals surface area contributed by atoms with Gasteiger partial charge < -0.3 is 25.4 Å². The number of aryl methyl sites for hydroxylation is 3. The Morgan fingerprint density at radius 3 is 2.12 bits per heavy atom. The number of ether oxygens (including phenoxy) is 1. The molecule has 41 heavy (non-hydrogen) atoms. The number of anilines is 1. The van der Waals surface area contributed by atoms with Crippen LogP contribution in [0.25, 0.3) is 0 Å². The van der Waals surface area contributed by atoms with Crippen molar-refractivity contribution in [3.05, 3.63) is 101 Å². The third-order valence-electron chi connectivity index (χ3n) is 6.54. The van der Waals surface area contributed by atoms with Gasteiger partial charge in [-0.2, -0.15) is 0 Å². The molecule has 0 radical (unpaired) electrons. The Morgan fingerprint density at radius 1 is 0.902 bits per heavy atom. The molecule has 0 bridgehead atoms. The van der Waals surface area contributed by atoms with E-state index in [1.807, 2.05) is 87.5 Å². The minimum Gasteiger partial charge on any atom is -0.444 e. The van der Waals surface area contributed by atoms with Crippen molar-refractivity contribution in [3.8, 4) is 0 Å². The highest BCUT2D eigenvalue weighted by Crippen LogP contribution is 2.27. The molecule has 3 amide bonds. The molecule has 3 aromatic carbocycles. The molecule has 0 spiro atoms. The molecular weight excluding hydrogens is 518 g/mol. The Morgan fingerprint density at radius 2 is 1.54 bits per heavy atom. The summed E-state index contributed by atoms with van der Waals surface area (Å²) < 4.78 is 5.46. The molecule has 2 unspecified atom stereocenters. The highest BCUT2D eigenvalue weighted by atomic mass is 16.6. The second-order valence-corrected chi connectivity index (χ2v) is 11.2. The first-order valence-electron chi connectivity index (χ1n) is 13.8. The number of hydrogen-bond donors (Lipinski definition) is 3. The van der Waals surface area contributed by atoms with Gasteiger partial charge in [0.25, 0.3) is 5.91 Å². The van der Waals surface area contributed by atoms with Crippen molar-refractivity contribution in [2.75, 3.05) is 18.5 Å². The Hall–Kier alpha value is -4.17. The number of benzene rings is 3. The third kappa shape index (κ3) is 8.91. The summed E-state index contributed by atoms with van der Waals surface area (Å²) in [7, 11) is 0. The van der Waals surface area contributed by atoms with E-state index >= 15 is 0 Å². The molecule has 0 saturated heterocycles. The molecule has 0 heterocycles. The summed E-state index contributed by atoms with van der Waals surface area (Å²) in [6, 6.07) is 20.2. The lowest BCUT2D eigenvalue weighted by Crippen LogP contribution is -2.54. The van der Waals surface area contributed by atoms with Gasteiger partial charge >= 0.3 is 6.09 Å². The standard InChI is InChI=1S/C33H41N3O5/c1-22-12-10-17-26(20-22)29(30(38)35-28-23(2)13-11-14-24(28)3)36(18-19-37)31(39)27(21-25-15-8-7-9-16-25)34-32(40)41-33(4,5)6/h7-17,20,27,29,37H,18-19,21H2,1-6H3,(H,34,40)(H,35,38). The number of aliphatic hydroxyl groups is 1. The normalized spacial score (nSPS) is 12.7. The number of carbonyl (C=O) groups is 3. The fraction of sp³-hybridized carbons (Fsp3) is 0.364. The van der Waals surface area contributed by atoms with Crippen molar-refractivity contribution in [1.29, 1.82) is 0 Å². The lowest BCUT2D eigenvalue weighted by molar-refractivity contribution is -0.141. The zero-order valence-corrected chi connectivity index (χ0v) is 24.7. The Bertz CT molecular complexity index is 1330. The summed E-state index contributed by atoms with van der Waals surface area (Å²) in [6.07, 6.45) is -0.581. The number of alkyl carbamates (subject to hydrolysis) is 1. The van der Waals surface area contributed by atoms with Gasteiger partial charge in [0, 0.05) is 18.7 Å². The quantitative estimate of drug-likeness (QED) is 0.315. The van der Waals surface area contributed by atoms with Crippen LogP contribution in [0.1, 0.15) is 54.6 Å². The monoisotopic (exact) mass is 559 g/mol. The van der Waals surface area contributed by atoms with E-state index in [1.165, 1.54) is 4.90 Å². The van der Waals surface area contributed by atoms with Crippen LogP contribution in [-0.2, 0) is 20.7 Å². The molecule has 0 aliphatic rings. The highest BCUT2D eigenvalue weighted by molar-refractivity contribution is 6.00. The van der Waals surface area contributed by atoms with Crippen molar-refractivity contribution in [3.63, 3.8) is 0 Å². The fourth-order valence-corrected chi connectivity index (χ4v) is 4.69. The van der Waals surface area contributed by atoms with Gasteiger partial charge in [-0.1, -0.05) is 78.4 Å². The summed E-state index contributed by atoms with van der Waals surface area (Å²) in [6.45, 7) is 10.4. The number of aliphatic hydroxyl groups excluding tert-OH is 1. The van der Waals surface area contributed by atoms with Crippen molar-refractivity contribution >= 4 is 23.6 Å². The van der Waals surface area contributed by atoms with Gasteiger partial charge in [0.1, 0.15) is 17.7 Å². The van der Waals surface area contributed by atoms with Crippen LogP contribution in [-0.4, -0.2) is 52.7 Å². The predicted molar refractivity (Wildman–Crippen MR) is 161 cm³/mol. The fourth-order valence-electron chi connectivity index (χ4n) is 4.69. The van der Waals surface area contributed by atoms with E-state index in [2.05, 4.69) is 10.6 Å². The van der Waals surface area contributed by atoms with Crippen LogP contribution in [0.2, 0.25) is 0 Å². The maximum Gasteiger partial charge on any atom is 0.408 e. The lowest BCUT2D eigenvalue weighted by atomic mass is 9.98. The van der Waals surface area contributed by atoms with Crippen LogP contribution in [0.4, 0.5) is 10.5 Å². The summed E-state index contributed by atoms with van der Waals surface area (Å²) in [5, 5.41) is 15.8. The minimum atomic E-state index is -1.08. The van der Waals surface area contributed by atoms with E-state index in [4.69, 9.17) is 4.74 Å². The number of amides is 3. The molecule has 3 rings (SSSR count). The second-order valence-electron chi connectivity index (χ2n) is 11.2. The average molecular weight is 560 g/mol. The number of hydrogen-bond acceptors (Lipinski definition) is 5. The van der Waals surface area contributed by atoms with E-state index in [0.717, 1.165) is 22.3 Å². The first kappa shape index (κ1) is 31.4. The molecule has 218 valence electrons. The molecule has 3 N–H and O–H groups in total. The zero-order chi connectivity index (χ0) is 30.2. The maximum atomic E-state index is 14.3. The minimum absolute atomic E-state index is 0.126. The van der Waals surface area contributed by atoms with Crippen LogP contribution in [0.15, 0.2) is 72.8 Å². The highest BCUT2D eigenvalue weighted by Gasteiger charge is 2.36. The van der Waals surface area contributed by atoms with E-state index in [9.17, 15) is 19.5 Å². The molecule has 0 aromatic heterocycles. The van der Waals surface area contributed by atoms with Gasteiger partial charge in [-0.25, -0.2) is 4.79 Å². The SMILES string of the molecule is Cc1cccc(C(C(=O)Nc2c(C)cccc2C)N(CCO)C(=O)C(Cc2ccccc2)NC(=O)OC(C)(C)C)c1. The molecular formula is C33H41N3O5. The van der Waals surface area contributed by atoms with Gasteiger partial charge in [-0.05, 0) is 63.8 Å². The van der Waals surface area contributed by atoms with E-state index in [1.54, 1.807) is 26.8 Å². The number of nitrogens with one attached hydrogen (secondary N) is 2. The Labute approximate surface area is 242 Å². The Balaban J connectivity index is 2.06. The van der Waals surface area contributed by atoms with Crippen molar-refractivity contribution in [2.24, 2.45) is 0 Å². The smallest absolute Gasteiger partial charge is 0.408 e. The Kier molecular flexibility index (Phi) is 10.7. The van der Waals surface area contributed by atoms with Gasteiger partial charge in [0.15, 0.2) is 0 Å². The van der Waals surface area contributed by atoms with Gasteiger partial charge in [-0.15, -0.1) is 0 Å². The van der Waals surface area contributed by atoms with Crippen LogP contribution in [0, 0.1) is 20.8 Å². The summed E-state index contributed by atoms with van der Waals surface area (Å²) in [4.78, 5) is 42.5. The molecule has 8 nitrogen and oxygen atoms in total. The summed E-state index contributed by atoms with van der Waals surface area (Å²) in [5.74, 6) is -0.942. The zero-order valence-electron chi connectivity index (χ0n) is 24.7. The summed E-state index contributed by atoms with van der Waals surface area (Å²) in [5.41, 5.74) is 3.98. The van der Waals surface area contributed by atoms with E-state index in [0.29, 0.717) is 11.3 Å². The lowest BCUT2D eigenvalue weighted by Gasteiger charge is -2.34. The van der Waals surface area contributed by atoms with Gasteiger partial charge in [-0.3, -0.25) is 9.59 Å². The average Bonchev–Trinajstić information content (AvgIpc) is 2.89. The van der Waals surface area contributed by atoms with Gasteiger partial charge in [0.05, 0.1) is 6.61 Å². The van der Waals surface area contributed by atoms with Crippen LogP contribution in [0.5, 0.6) is 0 Å². The van der Waals surface area contributed by atoms with E-state index < -0.39 is 35.6 Å². The molecule has 0 aliphatic heterocycles. The van der Waals surface area contributed by atoms with Crippen LogP contribution in [0.3, 0.4) is 0 Å². The topological polar surface area (TPSA) is 108 Å². The first-order chi connectivity index (χ1) is 19.4. The van der Waals surface area contributed by atoms with Crippen molar-refractivity contribution in [2.45, 2.75) is 65.6 Å². The summed E-state index contributed by atoms with van der Waals surface area (Å²) >= 11 is 0. The second kappa shape index (κ2) is 13.9. The first-order valence-corrected chi connectivity index (χ1v) is 13.8. The molecule has 0 fully saturated rings. The van der Waals surface area contributed by atoms with Crippen LogP contribution < -0.4 is 10.6 Å². The molecule has 0 aliphatic carbocycles. The molecule has 3 aromatic rings.